The average Bonchev–Trinajstić information content (AvgIpc) is 2.93. The highest BCUT2D eigenvalue weighted by atomic mass is 16.6. The molecule has 0 fully saturated rings. The van der Waals surface area contributed by atoms with Gasteiger partial charge in [-0.15, -0.1) is 0 Å². The van der Waals surface area contributed by atoms with E-state index in [0.717, 1.165) is 13.0 Å². The molecule has 2 rings (SSSR count). The van der Waals surface area contributed by atoms with Gasteiger partial charge in [0.05, 0.1) is 17.6 Å². The van der Waals surface area contributed by atoms with Crippen LogP contribution in [0, 0.1) is 10.1 Å². The lowest BCUT2D eigenvalue weighted by atomic mass is 9.97. The highest BCUT2D eigenvalue weighted by Gasteiger charge is 2.11. The Balaban J connectivity index is 1.63. The normalized spacial score (nSPS) is 16.5. The Bertz CT molecular complexity index is 498. The first-order valence-electron chi connectivity index (χ1n) is 7.38. The average molecular weight is 294 g/mol. The van der Waals surface area contributed by atoms with Crippen molar-refractivity contribution in [1.29, 1.82) is 0 Å². The molecule has 1 aromatic rings. The third-order valence-electron chi connectivity index (χ3n) is 3.62. The van der Waals surface area contributed by atoms with Crippen LogP contribution in [0.2, 0.25) is 0 Å². The minimum Gasteiger partial charge on any atom is -0.390 e. The molecule has 0 aromatic carbocycles. The van der Waals surface area contributed by atoms with Crippen LogP contribution in [-0.2, 0) is 6.54 Å². The predicted octanol–water partition coefficient (Wildman–Crippen LogP) is 1.63. The van der Waals surface area contributed by atoms with Gasteiger partial charge in [0, 0.05) is 6.54 Å². The summed E-state index contributed by atoms with van der Waals surface area (Å²) in [5.74, 6) is 0. The fourth-order valence-corrected chi connectivity index (χ4v) is 2.48. The van der Waals surface area contributed by atoms with E-state index in [1.165, 1.54) is 48.3 Å². The Labute approximate surface area is 123 Å². The summed E-state index contributed by atoms with van der Waals surface area (Å²) >= 11 is 0. The molecule has 0 saturated carbocycles. The lowest BCUT2D eigenvalue weighted by molar-refractivity contribution is -0.385. The van der Waals surface area contributed by atoms with Crippen molar-refractivity contribution in [1.82, 2.24) is 15.1 Å². The van der Waals surface area contributed by atoms with Crippen LogP contribution in [0.15, 0.2) is 24.0 Å². The van der Waals surface area contributed by atoms with Crippen LogP contribution < -0.4 is 5.32 Å². The van der Waals surface area contributed by atoms with Crippen LogP contribution in [0.25, 0.3) is 0 Å². The lowest BCUT2D eigenvalue weighted by Crippen LogP contribution is -2.31. The molecule has 0 radical (unpaired) electrons. The van der Waals surface area contributed by atoms with Gasteiger partial charge in [0.1, 0.15) is 12.4 Å². The zero-order chi connectivity index (χ0) is 15.1. The number of rotatable bonds is 8. The summed E-state index contributed by atoms with van der Waals surface area (Å²) in [5, 5.41) is 27.5. The SMILES string of the molecule is O=[N+]([O-])c1cnn(CC(O)CNCCC2=CCCCC2)c1. The zero-order valence-corrected chi connectivity index (χ0v) is 12.1. The van der Waals surface area contributed by atoms with Gasteiger partial charge in [0.2, 0.25) is 0 Å². The molecular weight excluding hydrogens is 272 g/mol. The fourth-order valence-electron chi connectivity index (χ4n) is 2.48. The molecule has 0 saturated heterocycles. The maximum Gasteiger partial charge on any atom is 0.306 e. The summed E-state index contributed by atoms with van der Waals surface area (Å²) in [5.41, 5.74) is 1.45. The Kier molecular flexibility index (Phi) is 5.89. The lowest BCUT2D eigenvalue weighted by Gasteiger charge is -2.14. The van der Waals surface area contributed by atoms with Crippen molar-refractivity contribution < 1.29 is 10.0 Å². The van der Waals surface area contributed by atoms with E-state index in [0.29, 0.717) is 6.54 Å². The monoisotopic (exact) mass is 294 g/mol. The predicted molar refractivity (Wildman–Crippen MR) is 78.9 cm³/mol. The van der Waals surface area contributed by atoms with Gasteiger partial charge in [0.25, 0.3) is 0 Å². The van der Waals surface area contributed by atoms with Crippen LogP contribution in [0.3, 0.4) is 0 Å². The van der Waals surface area contributed by atoms with Crippen molar-refractivity contribution in [2.24, 2.45) is 0 Å². The molecule has 0 aliphatic heterocycles. The number of nitrogens with zero attached hydrogens (tertiary/aromatic N) is 3. The number of allylic oxidation sites excluding steroid dienone is 1. The quantitative estimate of drug-likeness (QED) is 0.329. The molecule has 1 atom stereocenters. The molecule has 1 aliphatic carbocycles. The van der Waals surface area contributed by atoms with Crippen LogP contribution >= 0.6 is 0 Å². The van der Waals surface area contributed by atoms with Gasteiger partial charge in [-0.2, -0.15) is 5.10 Å². The van der Waals surface area contributed by atoms with Gasteiger partial charge in [-0.1, -0.05) is 11.6 Å². The van der Waals surface area contributed by atoms with E-state index in [1.54, 1.807) is 0 Å². The first-order valence-corrected chi connectivity index (χ1v) is 7.38. The van der Waals surface area contributed by atoms with Crippen molar-refractivity contribution in [2.45, 2.75) is 44.8 Å². The van der Waals surface area contributed by atoms with E-state index in [9.17, 15) is 15.2 Å². The topological polar surface area (TPSA) is 93.2 Å². The Morgan fingerprint density at radius 1 is 1.52 bits per heavy atom. The summed E-state index contributed by atoms with van der Waals surface area (Å²) in [6.07, 6.45) is 10.2. The number of hydrogen-bond donors (Lipinski definition) is 2. The van der Waals surface area contributed by atoms with Crippen LogP contribution in [0.5, 0.6) is 0 Å². The second kappa shape index (κ2) is 7.90. The van der Waals surface area contributed by atoms with Crippen LogP contribution in [0.1, 0.15) is 32.1 Å². The van der Waals surface area contributed by atoms with Gasteiger partial charge in [-0.05, 0) is 38.6 Å². The van der Waals surface area contributed by atoms with Crippen LogP contribution in [-0.4, -0.2) is 39.0 Å². The van der Waals surface area contributed by atoms with Gasteiger partial charge in [-0.25, -0.2) is 0 Å². The van der Waals surface area contributed by atoms with Gasteiger partial charge < -0.3 is 10.4 Å². The highest BCUT2D eigenvalue weighted by molar-refractivity contribution is 5.20. The van der Waals surface area contributed by atoms with E-state index in [1.807, 2.05) is 0 Å². The van der Waals surface area contributed by atoms with E-state index >= 15 is 0 Å². The molecule has 1 aliphatic rings. The molecule has 0 bridgehead atoms. The fraction of sp³-hybridized carbons (Fsp3) is 0.643. The molecule has 7 heteroatoms. The largest absolute Gasteiger partial charge is 0.390 e. The highest BCUT2D eigenvalue weighted by Crippen LogP contribution is 2.19. The Hall–Kier alpha value is -1.73. The van der Waals surface area contributed by atoms with Gasteiger partial charge >= 0.3 is 5.69 Å². The number of aliphatic hydroxyl groups is 1. The number of hydrogen-bond acceptors (Lipinski definition) is 5. The molecule has 1 aromatic heterocycles. The molecule has 1 unspecified atom stereocenters. The second-order valence-electron chi connectivity index (χ2n) is 5.39. The Morgan fingerprint density at radius 2 is 2.38 bits per heavy atom. The van der Waals surface area contributed by atoms with Crippen molar-refractivity contribution in [3.05, 3.63) is 34.2 Å². The summed E-state index contributed by atoms with van der Waals surface area (Å²) in [6.45, 7) is 1.56. The standard InChI is InChI=1S/C14H22N4O3/c19-14(11-17-10-13(8-16-17)18(20)21)9-15-7-6-12-4-2-1-3-5-12/h4,8,10,14-15,19H,1-3,5-7,9,11H2. The minimum absolute atomic E-state index is 0.0561. The van der Waals surface area contributed by atoms with E-state index < -0.39 is 11.0 Å². The molecule has 0 spiro atoms. The Morgan fingerprint density at radius 3 is 3.05 bits per heavy atom. The van der Waals surface area contributed by atoms with E-state index in [2.05, 4.69) is 16.5 Å². The zero-order valence-electron chi connectivity index (χ0n) is 12.1. The first kappa shape index (κ1) is 15.7. The van der Waals surface area contributed by atoms with E-state index in [4.69, 9.17) is 0 Å². The summed E-state index contributed by atoms with van der Waals surface area (Å²) in [6, 6.07) is 0. The smallest absolute Gasteiger partial charge is 0.306 e. The van der Waals surface area contributed by atoms with Crippen molar-refractivity contribution in [2.75, 3.05) is 13.1 Å². The molecule has 1 heterocycles. The van der Waals surface area contributed by atoms with E-state index in [-0.39, 0.29) is 12.2 Å². The maximum atomic E-state index is 10.5. The minimum atomic E-state index is -0.607. The second-order valence-corrected chi connectivity index (χ2v) is 5.39. The van der Waals surface area contributed by atoms with Crippen molar-refractivity contribution in [3.8, 4) is 0 Å². The van der Waals surface area contributed by atoms with Crippen molar-refractivity contribution >= 4 is 5.69 Å². The summed E-state index contributed by atoms with van der Waals surface area (Å²) in [7, 11) is 0. The molecule has 21 heavy (non-hydrogen) atoms. The first-order chi connectivity index (χ1) is 10.1. The summed E-state index contributed by atoms with van der Waals surface area (Å²) in [4.78, 5) is 10.0. The number of aliphatic hydroxyl groups excluding tert-OH is 1. The number of nitrogens with one attached hydrogen (secondary N) is 1. The number of aromatic nitrogens is 2. The maximum absolute atomic E-state index is 10.5. The molecular formula is C14H22N4O3. The van der Waals surface area contributed by atoms with Gasteiger partial charge in [-0.3, -0.25) is 14.8 Å². The molecule has 116 valence electrons. The molecule has 0 amide bonds. The van der Waals surface area contributed by atoms with Gasteiger partial charge in [0.15, 0.2) is 0 Å². The third kappa shape index (κ3) is 5.28. The number of nitro groups is 1. The third-order valence-corrected chi connectivity index (χ3v) is 3.62. The summed E-state index contributed by atoms with van der Waals surface area (Å²) < 4.78 is 1.40. The molecule has 2 N–H and O–H groups in total. The molecule has 7 nitrogen and oxygen atoms in total. The van der Waals surface area contributed by atoms with Crippen molar-refractivity contribution in [3.63, 3.8) is 0 Å². The van der Waals surface area contributed by atoms with Crippen LogP contribution in [0.4, 0.5) is 5.69 Å².